The van der Waals surface area contributed by atoms with Crippen LogP contribution in [0.2, 0.25) is 0 Å². The number of rotatable bonds is 7. The zero-order valence-electron chi connectivity index (χ0n) is 12.5. The lowest BCUT2D eigenvalue weighted by atomic mass is 9.85. The Morgan fingerprint density at radius 3 is 2.26 bits per heavy atom. The van der Waals surface area contributed by atoms with Gasteiger partial charge in [-0.1, -0.05) is 39.8 Å². The Labute approximate surface area is 116 Å². The van der Waals surface area contributed by atoms with E-state index < -0.39 is 0 Å². The van der Waals surface area contributed by atoms with Crippen LogP contribution in [0.25, 0.3) is 0 Å². The predicted molar refractivity (Wildman–Crippen MR) is 79.4 cm³/mol. The number of halogens is 1. The first kappa shape index (κ1) is 16.1. The van der Waals surface area contributed by atoms with E-state index in [4.69, 9.17) is 5.73 Å². The van der Waals surface area contributed by atoms with E-state index in [2.05, 4.69) is 33.0 Å². The minimum absolute atomic E-state index is 0.0238. The first-order chi connectivity index (χ1) is 8.95. The number of nitrogens with one attached hydrogen (secondary N) is 1. The summed E-state index contributed by atoms with van der Waals surface area (Å²) in [6, 6.07) is 6.70. The van der Waals surface area contributed by atoms with Crippen LogP contribution in [-0.2, 0) is 0 Å². The van der Waals surface area contributed by atoms with Crippen LogP contribution in [-0.4, -0.2) is 13.1 Å². The first-order valence-corrected chi connectivity index (χ1v) is 7.14. The summed E-state index contributed by atoms with van der Waals surface area (Å²) in [5.41, 5.74) is 6.73. The maximum atomic E-state index is 13.3. The fraction of sp³-hybridized carbons (Fsp3) is 0.625. The fourth-order valence-corrected chi connectivity index (χ4v) is 2.58. The van der Waals surface area contributed by atoms with E-state index in [1.54, 1.807) is 12.1 Å². The van der Waals surface area contributed by atoms with E-state index in [0.717, 1.165) is 12.1 Å². The molecule has 0 aromatic heterocycles. The molecule has 0 fully saturated rings. The monoisotopic (exact) mass is 266 g/mol. The van der Waals surface area contributed by atoms with E-state index in [1.807, 2.05) is 6.07 Å². The molecular formula is C16H27FN2. The average molecular weight is 266 g/mol. The summed E-state index contributed by atoms with van der Waals surface area (Å²) in [4.78, 5) is 0. The highest BCUT2D eigenvalue weighted by molar-refractivity contribution is 5.20. The Morgan fingerprint density at radius 2 is 1.79 bits per heavy atom. The van der Waals surface area contributed by atoms with E-state index in [0.29, 0.717) is 24.3 Å². The number of nitrogens with two attached hydrogens (primary N) is 1. The van der Waals surface area contributed by atoms with Gasteiger partial charge < -0.3 is 11.1 Å². The van der Waals surface area contributed by atoms with Crippen LogP contribution in [0.3, 0.4) is 0 Å². The summed E-state index contributed by atoms with van der Waals surface area (Å²) < 4.78 is 13.3. The van der Waals surface area contributed by atoms with Gasteiger partial charge in [0.25, 0.3) is 0 Å². The lowest BCUT2D eigenvalue weighted by molar-refractivity contribution is 0.266. The van der Waals surface area contributed by atoms with Crippen molar-refractivity contribution in [2.75, 3.05) is 13.1 Å². The molecule has 0 radical (unpaired) electrons. The highest BCUT2D eigenvalue weighted by Crippen LogP contribution is 2.21. The van der Waals surface area contributed by atoms with Gasteiger partial charge in [0.1, 0.15) is 5.82 Å². The second kappa shape index (κ2) is 7.61. The first-order valence-electron chi connectivity index (χ1n) is 7.14. The average Bonchev–Trinajstić information content (AvgIpc) is 2.33. The number of hydrogen-bond donors (Lipinski definition) is 2. The zero-order valence-corrected chi connectivity index (χ0v) is 12.5. The minimum Gasteiger partial charge on any atom is -0.329 e. The van der Waals surface area contributed by atoms with Crippen LogP contribution in [0.1, 0.15) is 39.3 Å². The number of benzene rings is 1. The molecule has 0 spiro atoms. The molecule has 0 bridgehead atoms. The van der Waals surface area contributed by atoms with Crippen molar-refractivity contribution in [1.29, 1.82) is 0 Å². The molecule has 3 heteroatoms. The molecule has 0 saturated heterocycles. The van der Waals surface area contributed by atoms with Gasteiger partial charge in [0.2, 0.25) is 0 Å². The highest BCUT2D eigenvalue weighted by atomic mass is 19.1. The van der Waals surface area contributed by atoms with Gasteiger partial charge in [0, 0.05) is 12.6 Å². The smallest absolute Gasteiger partial charge is 0.123 e. The van der Waals surface area contributed by atoms with Crippen molar-refractivity contribution < 1.29 is 4.39 Å². The molecule has 19 heavy (non-hydrogen) atoms. The van der Waals surface area contributed by atoms with Gasteiger partial charge in [0.05, 0.1) is 0 Å². The van der Waals surface area contributed by atoms with Gasteiger partial charge >= 0.3 is 0 Å². The summed E-state index contributed by atoms with van der Waals surface area (Å²) in [5.74, 6) is 1.64. The van der Waals surface area contributed by atoms with Gasteiger partial charge in [0.15, 0.2) is 0 Å². The quantitative estimate of drug-likeness (QED) is 0.794. The molecule has 1 atom stereocenters. The second-order valence-electron chi connectivity index (χ2n) is 5.90. The molecule has 0 aliphatic heterocycles. The van der Waals surface area contributed by atoms with Crippen molar-refractivity contribution in [3.63, 3.8) is 0 Å². The van der Waals surface area contributed by atoms with Crippen LogP contribution in [0.4, 0.5) is 4.39 Å². The number of hydrogen-bond acceptors (Lipinski definition) is 2. The molecule has 3 N–H and O–H groups in total. The van der Waals surface area contributed by atoms with E-state index >= 15 is 0 Å². The molecule has 0 heterocycles. The standard InChI is InChI=1S/C16H27FN2/c1-11(2)15(12(3)4)10-19-16(9-18)13-6-5-7-14(17)8-13/h5-8,11-12,15-16,19H,9-10,18H2,1-4H3. The van der Waals surface area contributed by atoms with Crippen molar-refractivity contribution in [3.05, 3.63) is 35.6 Å². The van der Waals surface area contributed by atoms with Gasteiger partial charge in [-0.15, -0.1) is 0 Å². The van der Waals surface area contributed by atoms with Gasteiger partial charge in [-0.2, -0.15) is 0 Å². The van der Waals surface area contributed by atoms with Crippen molar-refractivity contribution in [3.8, 4) is 0 Å². The Morgan fingerprint density at radius 1 is 1.16 bits per heavy atom. The summed E-state index contributed by atoms with van der Waals surface area (Å²) in [6.45, 7) is 10.4. The third kappa shape index (κ3) is 4.92. The second-order valence-corrected chi connectivity index (χ2v) is 5.90. The van der Waals surface area contributed by atoms with Crippen molar-refractivity contribution >= 4 is 0 Å². The molecule has 0 saturated carbocycles. The Balaban J connectivity index is 2.67. The minimum atomic E-state index is -0.206. The highest BCUT2D eigenvalue weighted by Gasteiger charge is 2.19. The van der Waals surface area contributed by atoms with Crippen molar-refractivity contribution in [2.24, 2.45) is 23.5 Å². The summed E-state index contributed by atoms with van der Waals surface area (Å²) >= 11 is 0. The van der Waals surface area contributed by atoms with Gasteiger partial charge in [-0.25, -0.2) is 4.39 Å². The van der Waals surface area contributed by atoms with Crippen LogP contribution in [0.15, 0.2) is 24.3 Å². The maximum Gasteiger partial charge on any atom is 0.123 e. The summed E-state index contributed by atoms with van der Waals surface area (Å²) in [6.07, 6.45) is 0. The molecular weight excluding hydrogens is 239 g/mol. The largest absolute Gasteiger partial charge is 0.329 e. The molecule has 1 aromatic carbocycles. The lowest BCUT2D eigenvalue weighted by Crippen LogP contribution is -2.35. The Kier molecular flexibility index (Phi) is 6.46. The van der Waals surface area contributed by atoms with E-state index in [-0.39, 0.29) is 11.9 Å². The SMILES string of the molecule is CC(C)C(CNC(CN)c1cccc(F)c1)C(C)C. The van der Waals surface area contributed by atoms with Gasteiger partial charge in [-0.3, -0.25) is 0 Å². The molecule has 1 rings (SSSR count). The Hall–Kier alpha value is -0.930. The van der Waals surface area contributed by atoms with Gasteiger partial charge in [-0.05, 0) is 42.0 Å². The van der Waals surface area contributed by atoms with E-state index in [9.17, 15) is 4.39 Å². The molecule has 1 aromatic rings. The summed E-state index contributed by atoms with van der Waals surface area (Å²) in [7, 11) is 0. The predicted octanol–water partition coefficient (Wildman–Crippen LogP) is 3.34. The molecule has 0 amide bonds. The van der Waals surface area contributed by atoms with Crippen molar-refractivity contribution in [1.82, 2.24) is 5.32 Å². The zero-order chi connectivity index (χ0) is 14.4. The fourth-order valence-electron chi connectivity index (χ4n) is 2.58. The normalized spacial score (nSPS) is 13.5. The molecule has 108 valence electrons. The summed E-state index contributed by atoms with van der Waals surface area (Å²) in [5, 5.41) is 3.48. The molecule has 0 aliphatic rings. The topological polar surface area (TPSA) is 38.0 Å². The Bertz CT molecular complexity index is 369. The van der Waals surface area contributed by atoms with E-state index in [1.165, 1.54) is 6.07 Å². The van der Waals surface area contributed by atoms with Crippen LogP contribution in [0.5, 0.6) is 0 Å². The van der Waals surface area contributed by atoms with Crippen LogP contribution in [0, 0.1) is 23.6 Å². The molecule has 2 nitrogen and oxygen atoms in total. The van der Waals surface area contributed by atoms with Crippen molar-refractivity contribution in [2.45, 2.75) is 33.7 Å². The maximum absolute atomic E-state index is 13.3. The third-order valence-electron chi connectivity index (χ3n) is 3.80. The van der Waals surface area contributed by atoms with Crippen LogP contribution >= 0.6 is 0 Å². The third-order valence-corrected chi connectivity index (χ3v) is 3.80. The lowest BCUT2D eigenvalue weighted by Gasteiger charge is -2.28. The van der Waals surface area contributed by atoms with Crippen LogP contribution < -0.4 is 11.1 Å². The molecule has 0 aliphatic carbocycles. The molecule has 1 unspecified atom stereocenters.